The summed E-state index contributed by atoms with van der Waals surface area (Å²) in [5, 5.41) is 0.737. The zero-order valence-electron chi connectivity index (χ0n) is 10.3. The van der Waals surface area contributed by atoms with Gasteiger partial charge < -0.3 is 0 Å². The van der Waals surface area contributed by atoms with E-state index in [1.807, 2.05) is 30.3 Å². The molecule has 1 unspecified atom stereocenters. The Hall–Kier alpha value is 0.340. The smallest absolute Gasteiger partial charge is 0.0512 e. The largest absolute Gasteiger partial charge is 0.271 e. The molecule has 0 aliphatic heterocycles. The Morgan fingerprint density at radius 3 is 2.60 bits per heavy atom. The molecular weight excluding hydrogens is 518 g/mol. The summed E-state index contributed by atoms with van der Waals surface area (Å²) >= 11 is 15.6. The van der Waals surface area contributed by atoms with Gasteiger partial charge in [-0.3, -0.25) is 11.3 Å². The first-order valence-corrected chi connectivity index (χ1v) is 8.90. The molecule has 0 heterocycles. The van der Waals surface area contributed by atoms with Crippen molar-refractivity contribution < 1.29 is 0 Å². The molecule has 3 N–H and O–H groups in total. The fraction of sp³-hybridized carbons (Fsp3) is 0.143. The van der Waals surface area contributed by atoms with Gasteiger partial charge in [-0.25, -0.2) is 0 Å². The molecule has 20 heavy (non-hydrogen) atoms. The number of hydrogen-bond donors (Lipinski definition) is 2. The summed E-state index contributed by atoms with van der Waals surface area (Å²) in [6.45, 7) is 0. The van der Waals surface area contributed by atoms with E-state index in [1.165, 1.54) is 3.57 Å². The number of hydrazine groups is 1. The summed E-state index contributed by atoms with van der Waals surface area (Å²) in [5.74, 6) is 5.73. The second-order valence-electron chi connectivity index (χ2n) is 4.32. The van der Waals surface area contributed by atoms with Crippen LogP contribution in [0.3, 0.4) is 0 Å². The average Bonchev–Trinajstić information content (AvgIpc) is 2.41. The first-order valence-electron chi connectivity index (χ1n) is 5.86. The van der Waals surface area contributed by atoms with Gasteiger partial charge >= 0.3 is 0 Å². The van der Waals surface area contributed by atoms with Crippen LogP contribution in [-0.2, 0) is 6.42 Å². The summed E-state index contributed by atoms with van der Waals surface area (Å²) in [7, 11) is 0. The van der Waals surface area contributed by atoms with Crippen LogP contribution < -0.4 is 11.3 Å². The molecule has 2 aromatic rings. The molecule has 0 spiro atoms. The van der Waals surface area contributed by atoms with Crippen molar-refractivity contribution in [1.29, 1.82) is 0 Å². The SMILES string of the molecule is NNC(Cc1ccc(Br)cc1Cl)c1cc(I)ccc1Br. The van der Waals surface area contributed by atoms with Gasteiger partial charge in [-0.05, 0) is 70.5 Å². The lowest BCUT2D eigenvalue weighted by molar-refractivity contribution is 0.550. The van der Waals surface area contributed by atoms with Crippen molar-refractivity contribution in [2.24, 2.45) is 5.84 Å². The molecule has 0 bridgehead atoms. The van der Waals surface area contributed by atoms with Crippen molar-refractivity contribution in [3.05, 3.63) is 65.1 Å². The summed E-state index contributed by atoms with van der Waals surface area (Å²) < 4.78 is 3.18. The fourth-order valence-corrected chi connectivity index (χ4v) is 3.74. The van der Waals surface area contributed by atoms with Crippen LogP contribution in [0.25, 0.3) is 0 Å². The molecule has 106 valence electrons. The van der Waals surface area contributed by atoms with E-state index in [9.17, 15) is 0 Å². The van der Waals surface area contributed by atoms with Crippen LogP contribution in [0.1, 0.15) is 17.2 Å². The lowest BCUT2D eigenvalue weighted by Gasteiger charge is -2.19. The summed E-state index contributed by atoms with van der Waals surface area (Å²) in [6, 6.07) is 12.1. The van der Waals surface area contributed by atoms with Gasteiger partial charge in [-0.2, -0.15) is 0 Å². The average molecular weight is 530 g/mol. The second kappa shape index (κ2) is 7.56. The molecule has 0 radical (unpaired) electrons. The van der Waals surface area contributed by atoms with Crippen LogP contribution in [0, 0.1) is 3.57 Å². The Balaban J connectivity index is 2.31. The predicted molar refractivity (Wildman–Crippen MR) is 99.8 cm³/mol. The van der Waals surface area contributed by atoms with Gasteiger partial charge in [0.2, 0.25) is 0 Å². The van der Waals surface area contributed by atoms with Gasteiger partial charge in [0.1, 0.15) is 0 Å². The van der Waals surface area contributed by atoms with Crippen molar-refractivity contribution >= 4 is 66.1 Å². The molecule has 6 heteroatoms. The Morgan fingerprint density at radius 1 is 1.20 bits per heavy atom. The van der Waals surface area contributed by atoms with E-state index in [1.54, 1.807) is 0 Å². The minimum Gasteiger partial charge on any atom is -0.271 e. The Morgan fingerprint density at radius 2 is 1.95 bits per heavy atom. The third-order valence-corrected chi connectivity index (χ3v) is 5.21. The van der Waals surface area contributed by atoms with Gasteiger partial charge in [0.05, 0.1) is 6.04 Å². The second-order valence-corrected chi connectivity index (χ2v) is 7.75. The molecular formula is C14H12Br2ClIN2. The third-order valence-electron chi connectivity index (χ3n) is 2.97. The Bertz CT molecular complexity index is 622. The van der Waals surface area contributed by atoms with E-state index in [0.717, 1.165) is 31.5 Å². The van der Waals surface area contributed by atoms with E-state index in [-0.39, 0.29) is 6.04 Å². The summed E-state index contributed by atoms with van der Waals surface area (Å²) in [6.07, 6.45) is 0.724. The molecule has 0 saturated carbocycles. The minimum atomic E-state index is -0.00207. The first kappa shape index (κ1) is 16.7. The molecule has 0 aliphatic rings. The zero-order chi connectivity index (χ0) is 14.7. The normalized spacial score (nSPS) is 12.4. The van der Waals surface area contributed by atoms with Gasteiger partial charge in [0.15, 0.2) is 0 Å². The van der Waals surface area contributed by atoms with E-state index in [0.29, 0.717) is 0 Å². The highest BCUT2D eigenvalue weighted by atomic mass is 127. The molecule has 0 amide bonds. The molecule has 2 nitrogen and oxygen atoms in total. The Labute approximate surface area is 153 Å². The lowest BCUT2D eigenvalue weighted by atomic mass is 9.99. The number of rotatable bonds is 4. The van der Waals surface area contributed by atoms with Crippen LogP contribution >= 0.6 is 66.1 Å². The van der Waals surface area contributed by atoms with Crippen LogP contribution in [0.5, 0.6) is 0 Å². The van der Waals surface area contributed by atoms with Crippen LogP contribution in [0.2, 0.25) is 5.02 Å². The van der Waals surface area contributed by atoms with Crippen LogP contribution in [0.15, 0.2) is 45.3 Å². The number of hydrogen-bond acceptors (Lipinski definition) is 2. The minimum absolute atomic E-state index is 0.00207. The topological polar surface area (TPSA) is 38.0 Å². The molecule has 1 atom stereocenters. The number of halogens is 4. The standard InChI is InChI=1S/C14H12Br2ClIN2/c15-9-2-1-8(13(17)6-9)5-14(20-19)11-7-10(18)3-4-12(11)16/h1-4,6-7,14,20H,5,19H2. The van der Waals surface area contributed by atoms with E-state index in [4.69, 9.17) is 17.4 Å². The first-order chi connectivity index (χ1) is 9.51. The van der Waals surface area contributed by atoms with Gasteiger partial charge in [0.25, 0.3) is 0 Å². The molecule has 0 fully saturated rings. The predicted octanol–water partition coefficient (Wildman–Crippen LogP) is 5.22. The van der Waals surface area contributed by atoms with Gasteiger partial charge in [-0.15, -0.1) is 0 Å². The van der Waals surface area contributed by atoms with Crippen LogP contribution in [-0.4, -0.2) is 0 Å². The highest BCUT2D eigenvalue weighted by molar-refractivity contribution is 14.1. The molecule has 2 aromatic carbocycles. The van der Waals surface area contributed by atoms with Crippen molar-refractivity contribution in [3.8, 4) is 0 Å². The summed E-state index contributed by atoms with van der Waals surface area (Å²) in [4.78, 5) is 0. The molecule has 2 rings (SSSR count). The molecule has 0 saturated heterocycles. The maximum atomic E-state index is 6.28. The fourth-order valence-electron chi connectivity index (χ4n) is 1.95. The summed E-state index contributed by atoms with van der Waals surface area (Å²) in [5.41, 5.74) is 5.06. The van der Waals surface area contributed by atoms with Gasteiger partial charge in [-0.1, -0.05) is 49.5 Å². The molecule has 0 aromatic heterocycles. The van der Waals surface area contributed by atoms with Crippen molar-refractivity contribution in [1.82, 2.24) is 5.43 Å². The van der Waals surface area contributed by atoms with Crippen LogP contribution in [0.4, 0.5) is 0 Å². The number of nitrogens with one attached hydrogen (secondary N) is 1. The monoisotopic (exact) mass is 528 g/mol. The zero-order valence-corrected chi connectivity index (χ0v) is 16.4. The number of nitrogens with two attached hydrogens (primary N) is 1. The van der Waals surface area contributed by atoms with E-state index < -0.39 is 0 Å². The van der Waals surface area contributed by atoms with E-state index in [2.05, 4.69) is 65.9 Å². The highest BCUT2D eigenvalue weighted by Crippen LogP contribution is 2.30. The van der Waals surface area contributed by atoms with Crippen molar-refractivity contribution in [3.63, 3.8) is 0 Å². The number of benzene rings is 2. The van der Waals surface area contributed by atoms with Crippen molar-refractivity contribution in [2.45, 2.75) is 12.5 Å². The lowest BCUT2D eigenvalue weighted by Crippen LogP contribution is -2.30. The maximum absolute atomic E-state index is 6.28. The van der Waals surface area contributed by atoms with Gasteiger partial charge in [0, 0.05) is 17.5 Å². The van der Waals surface area contributed by atoms with E-state index >= 15 is 0 Å². The molecule has 0 aliphatic carbocycles. The quantitative estimate of drug-likeness (QED) is 0.324. The maximum Gasteiger partial charge on any atom is 0.0512 e. The third kappa shape index (κ3) is 4.18. The Kier molecular flexibility index (Phi) is 6.31. The van der Waals surface area contributed by atoms with Crippen molar-refractivity contribution in [2.75, 3.05) is 0 Å². The highest BCUT2D eigenvalue weighted by Gasteiger charge is 2.16.